The number of hydrogen-bond acceptors (Lipinski definition) is 4. The Labute approximate surface area is 152 Å². The molecule has 3 fully saturated rings. The van der Waals surface area contributed by atoms with Crippen molar-refractivity contribution in [1.82, 2.24) is 5.32 Å². The lowest BCUT2D eigenvalue weighted by atomic mass is 9.71. The molecule has 1 amide bonds. The molecule has 2 aliphatic carbocycles. The Morgan fingerprint density at radius 2 is 1.60 bits per heavy atom. The van der Waals surface area contributed by atoms with Gasteiger partial charge in [-0.3, -0.25) is 0 Å². The van der Waals surface area contributed by atoms with E-state index in [1.165, 1.54) is 6.42 Å². The van der Waals surface area contributed by atoms with Crippen molar-refractivity contribution in [2.75, 3.05) is 0 Å². The lowest BCUT2D eigenvalue weighted by Crippen LogP contribution is -2.41. The molecule has 1 atom stereocenters. The monoisotopic (exact) mass is 351 g/mol. The number of carbonyl (C=O) groups excluding carboxylic acids is 1. The molecule has 3 aliphatic rings. The summed E-state index contributed by atoms with van der Waals surface area (Å²) in [6, 6.07) is 0.222. The molecule has 0 aromatic rings. The molecule has 0 radical (unpaired) electrons. The van der Waals surface area contributed by atoms with Gasteiger partial charge in [-0.2, -0.15) is 0 Å². The molecule has 25 heavy (non-hydrogen) atoms. The molecule has 0 aromatic carbocycles. The van der Waals surface area contributed by atoms with Crippen molar-refractivity contribution < 1.29 is 18.8 Å². The van der Waals surface area contributed by atoms with E-state index in [9.17, 15) is 4.79 Å². The minimum Gasteiger partial charge on any atom is -0.444 e. The molecule has 1 heterocycles. The van der Waals surface area contributed by atoms with Crippen LogP contribution in [0.3, 0.4) is 0 Å². The molecule has 1 aliphatic heterocycles. The molecule has 1 N–H and O–H groups in total. The topological polar surface area (TPSA) is 56.8 Å². The summed E-state index contributed by atoms with van der Waals surface area (Å²) in [7, 11) is -0.0830. The highest BCUT2D eigenvalue weighted by Crippen LogP contribution is 2.68. The average molecular weight is 351 g/mol. The van der Waals surface area contributed by atoms with Crippen molar-refractivity contribution >= 4 is 13.2 Å². The Kier molecular flexibility index (Phi) is 4.48. The maximum Gasteiger partial charge on any atom is 0.461 e. The number of ether oxygens (including phenoxy) is 1. The SMILES string of the molecule is CC(C)(C)OC(=O)NC1CCC2(CC1)CC2B1OC(C)(C)C(C)(C)O1. The van der Waals surface area contributed by atoms with Crippen LogP contribution in [-0.2, 0) is 14.0 Å². The fraction of sp³-hybridized carbons (Fsp3) is 0.947. The maximum atomic E-state index is 11.9. The number of amides is 1. The van der Waals surface area contributed by atoms with E-state index in [2.05, 4.69) is 33.0 Å². The number of rotatable bonds is 2. The minimum absolute atomic E-state index is 0.0830. The summed E-state index contributed by atoms with van der Waals surface area (Å²) in [4.78, 5) is 11.9. The van der Waals surface area contributed by atoms with E-state index in [4.69, 9.17) is 14.0 Å². The maximum absolute atomic E-state index is 11.9. The van der Waals surface area contributed by atoms with Crippen molar-refractivity contribution in [3.63, 3.8) is 0 Å². The van der Waals surface area contributed by atoms with E-state index in [1.54, 1.807) is 0 Å². The van der Waals surface area contributed by atoms with Crippen LogP contribution in [-0.4, -0.2) is 36.1 Å². The third-order valence-corrected chi connectivity index (χ3v) is 6.56. The average Bonchev–Trinajstić information content (AvgIpc) is 3.06. The Morgan fingerprint density at radius 3 is 2.08 bits per heavy atom. The first-order valence-electron chi connectivity index (χ1n) is 9.69. The lowest BCUT2D eigenvalue weighted by molar-refractivity contribution is 0.00578. The minimum atomic E-state index is -0.446. The Bertz CT molecular complexity index is 516. The van der Waals surface area contributed by atoms with Crippen molar-refractivity contribution in [3.05, 3.63) is 0 Å². The third-order valence-electron chi connectivity index (χ3n) is 6.56. The van der Waals surface area contributed by atoms with Gasteiger partial charge in [-0.1, -0.05) is 0 Å². The van der Waals surface area contributed by atoms with Gasteiger partial charge in [-0.05, 0) is 86.0 Å². The van der Waals surface area contributed by atoms with E-state index in [0.717, 1.165) is 25.7 Å². The second kappa shape index (κ2) is 5.88. The van der Waals surface area contributed by atoms with Crippen LogP contribution < -0.4 is 5.32 Å². The molecule has 0 bridgehead atoms. The van der Waals surface area contributed by atoms with Gasteiger partial charge >= 0.3 is 13.2 Å². The highest BCUT2D eigenvalue weighted by molar-refractivity contribution is 6.49. The number of alkyl carbamates (subject to hydrolysis) is 1. The predicted octanol–water partition coefficient (Wildman–Crippen LogP) is 4.31. The highest BCUT2D eigenvalue weighted by Gasteiger charge is 2.66. The Balaban J connectivity index is 1.49. The molecule has 1 spiro atoms. The molecule has 2 saturated carbocycles. The first-order valence-corrected chi connectivity index (χ1v) is 9.69. The fourth-order valence-electron chi connectivity index (χ4n) is 4.20. The summed E-state index contributed by atoms with van der Waals surface area (Å²) < 4.78 is 17.9. The van der Waals surface area contributed by atoms with Crippen molar-refractivity contribution in [2.45, 2.75) is 109 Å². The van der Waals surface area contributed by atoms with E-state index in [0.29, 0.717) is 11.2 Å². The molecule has 1 unspecified atom stereocenters. The fourth-order valence-corrected chi connectivity index (χ4v) is 4.20. The van der Waals surface area contributed by atoms with Crippen LogP contribution in [0.4, 0.5) is 4.79 Å². The molecule has 142 valence electrons. The number of nitrogens with one attached hydrogen (secondary N) is 1. The van der Waals surface area contributed by atoms with Crippen LogP contribution in [0.2, 0.25) is 5.82 Å². The lowest BCUT2D eigenvalue weighted by Gasteiger charge is -2.32. The van der Waals surface area contributed by atoms with Crippen LogP contribution >= 0.6 is 0 Å². The van der Waals surface area contributed by atoms with E-state index in [-0.39, 0.29) is 30.5 Å². The standard InChI is InChI=1S/C19H34BNO4/c1-16(2,3)23-15(22)21-13-8-10-19(11-9-13)12-14(19)20-24-17(4,5)18(6,7)25-20/h13-14H,8-12H2,1-7H3,(H,21,22). The Hall–Kier alpha value is -0.745. The smallest absolute Gasteiger partial charge is 0.444 e. The van der Waals surface area contributed by atoms with Gasteiger partial charge in [0.1, 0.15) is 5.60 Å². The van der Waals surface area contributed by atoms with Gasteiger partial charge in [0.25, 0.3) is 0 Å². The van der Waals surface area contributed by atoms with E-state index >= 15 is 0 Å². The quantitative estimate of drug-likeness (QED) is 0.754. The molecule has 6 heteroatoms. The van der Waals surface area contributed by atoms with Crippen LogP contribution in [0.15, 0.2) is 0 Å². The van der Waals surface area contributed by atoms with Gasteiger partial charge in [-0.15, -0.1) is 0 Å². The Morgan fingerprint density at radius 1 is 1.08 bits per heavy atom. The summed E-state index contributed by atoms with van der Waals surface area (Å²) in [5.41, 5.74) is -0.598. The van der Waals surface area contributed by atoms with Crippen molar-refractivity contribution in [3.8, 4) is 0 Å². The summed E-state index contributed by atoms with van der Waals surface area (Å²) in [6.07, 6.45) is 5.16. The van der Waals surface area contributed by atoms with E-state index < -0.39 is 5.60 Å². The van der Waals surface area contributed by atoms with Crippen molar-refractivity contribution in [1.29, 1.82) is 0 Å². The molecule has 5 nitrogen and oxygen atoms in total. The molecular weight excluding hydrogens is 317 g/mol. The van der Waals surface area contributed by atoms with Crippen LogP contribution in [0.5, 0.6) is 0 Å². The molecular formula is C19H34BNO4. The van der Waals surface area contributed by atoms with Crippen LogP contribution in [0.25, 0.3) is 0 Å². The van der Waals surface area contributed by atoms with E-state index in [1.807, 2.05) is 20.8 Å². The highest BCUT2D eigenvalue weighted by atomic mass is 16.7. The van der Waals surface area contributed by atoms with Gasteiger partial charge in [0.05, 0.1) is 11.2 Å². The normalized spacial score (nSPS) is 36.4. The third kappa shape index (κ3) is 3.85. The molecule has 0 aromatic heterocycles. The van der Waals surface area contributed by atoms with Gasteiger partial charge < -0.3 is 19.4 Å². The van der Waals surface area contributed by atoms with Gasteiger partial charge in [0.15, 0.2) is 0 Å². The first kappa shape index (κ1) is 19.0. The summed E-state index contributed by atoms with van der Waals surface area (Å²) >= 11 is 0. The number of hydrogen-bond donors (Lipinski definition) is 1. The molecule has 1 saturated heterocycles. The zero-order valence-electron chi connectivity index (χ0n) is 16.9. The van der Waals surface area contributed by atoms with Gasteiger partial charge in [-0.25, -0.2) is 4.79 Å². The summed E-state index contributed by atoms with van der Waals surface area (Å²) in [5, 5.41) is 3.03. The second-order valence-electron chi connectivity index (χ2n) is 10.2. The first-order chi connectivity index (χ1) is 11.3. The van der Waals surface area contributed by atoms with Gasteiger partial charge in [0, 0.05) is 11.9 Å². The predicted molar refractivity (Wildman–Crippen MR) is 98.5 cm³/mol. The molecule has 3 rings (SSSR count). The summed E-state index contributed by atoms with van der Waals surface area (Å²) in [5.74, 6) is 0.496. The zero-order chi connectivity index (χ0) is 18.7. The van der Waals surface area contributed by atoms with Gasteiger partial charge in [0.2, 0.25) is 0 Å². The van der Waals surface area contributed by atoms with Crippen LogP contribution in [0, 0.1) is 5.41 Å². The van der Waals surface area contributed by atoms with Crippen molar-refractivity contribution in [2.24, 2.45) is 5.41 Å². The van der Waals surface area contributed by atoms with Crippen LogP contribution in [0.1, 0.15) is 80.6 Å². The zero-order valence-corrected chi connectivity index (χ0v) is 16.9. The largest absolute Gasteiger partial charge is 0.461 e. The number of carbonyl (C=O) groups is 1. The second-order valence-corrected chi connectivity index (χ2v) is 10.2. The summed E-state index contributed by atoms with van der Waals surface area (Å²) in [6.45, 7) is 14.1.